The zero-order valence-electron chi connectivity index (χ0n) is 12.5. The number of carbonyl (C=O) groups excluding carboxylic acids is 2. The second-order valence-corrected chi connectivity index (χ2v) is 8.02. The Balaban J connectivity index is 1.36. The number of allylic oxidation sites excluding steroid dienone is 2. The lowest BCUT2D eigenvalue weighted by Gasteiger charge is -2.37. The van der Waals surface area contributed by atoms with E-state index in [9.17, 15) is 9.59 Å². The Morgan fingerprint density at radius 3 is 2.13 bits per heavy atom. The van der Waals surface area contributed by atoms with Crippen LogP contribution in [-0.2, 0) is 9.59 Å². The highest BCUT2D eigenvalue weighted by molar-refractivity contribution is 9.10. The van der Waals surface area contributed by atoms with E-state index in [1.54, 1.807) is 0 Å². The van der Waals surface area contributed by atoms with E-state index in [0.29, 0.717) is 23.7 Å². The molecule has 0 unspecified atom stereocenters. The summed E-state index contributed by atoms with van der Waals surface area (Å²) in [6.45, 7) is 0.265. The van der Waals surface area contributed by atoms with Gasteiger partial charge >= 0.3 is 0 Å². The molecule has 6 rings (SSSR count). The van der Waals surface area contributed by atoms with Gasteiger partial charge in [-0.15, -0.1) is 0 Å². The fourth-order valence-electron chi connectivity index (χ4n) is 4.91. The molecule has 1 N–H and O–H groups in total. The third-order valence-electron chi connectivity index (χ3n) is 6.04. The van der Waals surface area contributed by atoms with Gasteiger partial charge in [0, 0.05) is 10.2 Å². The second-order valence-electron chi connectivity index (χ2n) is 7.10. The van der Waals surface area contributed by atoms with Gasteiger partial charge in [0.25, 0.3) is 0 Å². The number of imide groups is 1. The minimum Gasteiger partial charge on any atom is -0.367 e. The van der Waals surface area contributed by atoms with Crippen molar-refractivity contribution in [3.63, 3.8) is 0 Å². The molecule has 2 saturated carbocycles. The third kappa shape index (κ3) is 1.89. The van der Waals surface area contributed by atoms with Crippen molar-refractivity contribution in [2.75, 3.05) is 12.0 Å². The SMILES string of the molecule is O=C1[C@@H]2[C@H]3C=C[C@@H]([C@@H]4C[C@@H]34)[C@@H]2C(=O)N1CNc1ccc(Br)cc1. The molecule has 4 aliphatic carbocycles. The molecule has 118 valence electrons. The first kappa shape index (κ1) is 13.8. The van der Waals surface area contributed by atoms with Crippen LogP contribution in [0.5, 0.6) is 0 Å². The summed E-state index contributed by atoms with van der Waals surface area (Å²) in [5.41, 5.74) is 0.910. The van der Waals surface area contributed by atoms with Gasteiger partial charge in [-0.1, -0.05) is 28.1 Å². The fourth-order valence-corrected chi connectivity index (χ4v) is 5.18. The molecule has 1 heterocycles. The van der Waals surface area contributed by atoms with Crippen LogP contribution >= 0.6 is 15.9 Å². The molecule has 2 bridgehead atoms. The Morgan fingerprint density at radius 2 is 1.57 bits per heavy atom. The van der Waals surface area contributed by atoms with Gasteiger partial charge < -0.3 is 5.32 Å². The van der Waals surface area contributed by atoms with E-state index in [-0.39, 0.29) is 30.3 Å². The molecule has 1 saturated heterocycles. The predicted octanol–water partition coefficient (Wildman–Crippen LogP) is 2.87. The number of hydrogen-bond acceptors (Lipinski definition) is 3. The first-order valence-corrected chi connectivity index (χ1v) is 8.97. The topological polar surface area (TPSA) is 49.4 Å². The number of benzene rings is 1. The molecule has 1 aromatic carbocycles. The average Bonchev–Trinajstić information content (AvgIpc) is 3.33. The first-order valence-electron chi connectivity index (χ1n) is 8.18. The van der Waals surface area contributed by atoms with Gasteiger partial charge in [-0.3, -0.25) is 14.5 Å². The zero-order valence-corrected chi connectivity index (χ0v) is 14.1. The zero-order chi connectivity index (χ0) is 15.7. The minimum atomic E-state index is -0.104. The monoisotopic (exact) mass is 372 g/mol. The van der Waals surface area contributed by atoms with E-state index in [4.69, 9.17) is 0 Å². The van der Waals surface area contributed by atoms with Gasteiger partial charge in [-0.25, -0.2) is 0 Å². The lowest BCUT2D eigenvalue weighted by Crippen LogP contribution is -2.40. The normalized spacial score (nSPS) is 39.4. The van der Waals surface area contributed by atoms with Crippen LogP contribution in [0.25, 0.3) is 0 Å². The predicted molar refractivity (Wildman–Crippen MR) is 89.2 cm³/mol. The minimum absolute atomic E-state index is 0.0225. The van der Waals surface area contributed by atoms with E-state index in [1.165, 1.54) is 11.3 Å². The van der Waals surface area contributed by atoms with Crippen molar-refractivity contribution >= 4 is 33.4 Å². The van der Waals surface area contributed by atoms with Crippen LogP contribution in [0.4, 0.5) is 5.69 Å². The summed E-state index contributed by atoms with van der Waals surface area (Å²) in [6.07, 6.45) is 5.61. The summed E-state index contributed by atoms with van der Waals surface area (Å²) >= 11 is 3.40. The molecule has 1 aliphatic heterocycles. The Morgan fingerprint density at radius 1 is 1.00 bits per heavy atom. The molecule has 0 spiro atoms. The third-order valence-corrected chi connectivity index (χ3v) is 6.57. The molecule has 0 aromatic heterocycles. The van der Waals surface area contributed by atoms with E-state index < -0.39 is 0 Å². The highest BCUT2D eigenvalue weighted by Gasteiger charge is 2.66. The van der Waals surface area contributed by atoms with E-state index in [0.717, 1.165) is 10.2 Å². The molecule has 1 aromatic rings. The Bertz CT molecular complexity index is 693. The standard InChI is InChI=1S/C18H17BrN2O2/c19-9-1-3-10(4-2-9)20-8-21-17(22)15-11-5-6-12(14-7-13(11)14)16(15)18(21)23/h1-6,11-16,20H,7-8H2/t11-,12-,13-,14-,15-,16+/m0/s1. The number of likely N-dealkylation sites (tertiary alicyclic amines) is 1. The van der Waals surface area contributed by atoms with Crippen LogP contribution in [0.2, 0.25) is 0 Å². The van der Waals surface area contributed by atoms with Crippen LogP contribution in [0.15, 0.2) is 40.9 Å². The van der Waals surface area contributed by atoms with Crippen molar-refractivity contribution in [3.05, 3.63) is 40.9 Å². The first-order chi connectivity index (χ1) is 11.1. The lowest BCUT2D eigenvalue weighted by molar-refractivity contribution is -0.139. The number of hydrogen-bond donors (Lipinski definition) is 1. The molecular formula is C18H17BrN2O2. The lowest BCUT2D eigenvalue weighted by atomic mass is 9.63. The van der Waals surface area contributed by atoms with Gasteiger partial charge in [0.05, 0.1) is 18.5 Å². The molecular weight excluding hydrogens is 356 g/mol. The summed E-state index contributed by atoms with van der Waals surface area (Å²) < 4.78 is 1.00. The summed E-state index contributed by atoms with van der Waals surface area (Å²) in [6, 6.07) is 7.74. The fraction of sp³-hybridized carbons (Fsp3) is 0.444. The average molecular weight is 373 g/mol. The number of nitrogens with one attached hydrogen (secondary N) is 1. The Hall–Kier alpha value is -1.62. The van der Waals surface area contributed by atoms with Crippen molar-refractivity contribution in [1.29, 1.82) is 0 Å². The number of rotatable bonds is 3. The van der Waals surface area contributed by atoms with Crippen LogP contribution in [-0.4, -0.2) is 23.4 Å². The second kappa shape index (κ2) is 4.69. The van der Waals surface area contributed by atoms with Crippen molar-refractivity contribution in [2.45, 2.75) is 6.42 Å². The van der Waals surface area contributed by atoms with Crippen LogP contribution < -0.4 is 5.32 Å². The van der Waals surface area contributed by atoms with Gasteiger partial charge in [0.15, 0.2) is 0 Å². The molecule has 4 nitrogen and oxygen atoms in total. The molecule has 23 heavy (non-hydrogen) atoms. The summed E-state index contributed by atoms with van der Waals surface area (Å²) in [4.78, 5) is 27.0. The molecule has 0 radical (unpaired) electrons. The Labute approximate surface area is 143 Å². The number of amides is 2. The molecule has 2 amide bonds. The van der Waals surface area contributed by atoms with Crippen molar-refractivity contribution in [3.8, 4) is 0 Å². The van der Waals surface area contributed by atoms with Gasteiger partial charge in [0.2, 0.25) is 11.8 Å². The Kier molecular flexibility index (Phi) is 2.81. The van der Waals surface area contributed by atoms with Gasteiger partial charge in [-0.05, 0) is 54.4 Å². The van der Waals surface area contributed by atoms with Crippen LogP contribution in [0.1, 0.15) is 6.42 Å². The number of anilines is 1. The van der Waals surface area contributed by atoms with Crippen molar-refractivity contribution in [1.82, 2.24) is 4.90 Å². The van der Waals surface area contributed by atoms with E-state index in [2.05, 4.69) is 33.4 Å². The maximum Gasteiger partial charge on any atom is 0.235 e. The number of carbonyl (C=O) groups is 2. The van der Waals surface area contributed by atoms with Crippen molar-refractivity contribution < 1.29 is 9.59 Å². The molecule has 5 aliphatic rings. The molecule has 3 fully saturated rings. The highest BCUT2D eigenvalue weighted by atomic mass is 79.9. The largest absolute Gasteiger partial charge is 0.367 e. The van der Waals surface area contributed by atoms with Gasteiger partial charge in [0.1, 0.15) is 0 Å². The van der Waals surface area contributed by atoms with Crippen molar-refractivity contribution in [2.24, 2.45) is 35.5 Å². The summed E-state index contributed by atoms with van der Waals surface area (Å²) in [5.74, 6) is 1.74. The number of halogens is 1. The highest BCUT2D eigenvalue weighted by Crippen LogP contribution is 2.65. The smallest absolute Gasteiger partial charge is 0.235 e. The van der Waals surface area contributed by atoms with E-state index in [1.807, 2.05) is 24.3 Å². The summed E-state index contributed by atoms with van der Waals surface area (Å²) in [7, 11) is 0. The maximum absolute atomic E-state index is 12.8. The van der Waals surface area contributed by atoms with Crippen LogP contribution in [0.3, 0.4) is 0 Å². The molecule has 5 heteroatoms. The molecule has 6 atom stereocenters. The van der Waals surface area contributed by atoms with E-state index >= 15 is 0 Å². The van der Waals surface area contributed by atoms with Gasteiger partial charge in [-0.2, -0.15) is 0 Å². The maximum atomic E-state index is 12.8. The number of nitrogens with zero attached hydrogens (tertiary/aromatic N) is 1. The van der Waals surface area contributed by atoms with Crippen LogP contribution in [0, 0.1) is 35.5 Å². The quantitative estimate of drug-likeness (QED) is 0.655. The summed E-state index contributed by atoms with van der Waals surface area (Å²) in [5, 5.41) is 3.20.